The topological polar surface area (TPSA) is 33.0 Å². The number of nitriles is 1. The first-order valence-electron chi connectivity index (χ1n) is 5.26. The SMILES string of the molecule is N#Cc1ccccc1COc1ccc(Cl)c(Cl)c1. The van der Waals surface area contributed by atoms with Gasteiger partial charge in [-0.25, -0.2) is 0 Å². The van der Waals surface area contributed by atoms with Crippen LogP contribution in [0.25, 0.3) is 0 Å². The molecule has 0 aliphatic heterocycles. The van der Waals surface area contributed by atoms with Gasteiger partial charge in [-0.05, 0) is 18.2 Å². The van der Waals surface area contributed by atoms with Crippen LogP contribution in [0.4, 0.5) is 0 Å². The molecule has 0 unspecified atom stereocenters. The van der Waals surface area contributed by atoms with Crippen molar-refractivity contribution in [3.8, 4) is 11.8 Å². The third-order valence-electron chi connectivity index (χ3n) is 2.42. The Morgan fingerprint density at radius 1 is 1.06 bits per heavy atom. The van der Waals surface area contributed by atoms with Crippen molar-refractivity contribution >= 4 is 23.2 Å². The molecule has 4 heteroatoms. The molecule has 0 N–H and O–H groups in total. The summed E-state index contributed by atoms with van der Waals surface area (Å²) in [5.74, 6) is 0.622. The standard InChI is InChI=1S/C14H9Cl2NO/c15-13-6-5-12(7-14(13)16)18-9-11-4-2-1-3-10(11)8-17/h1-7H,9H2. The summed E-state index contributed by atoms with van der Waals surface area (Å²) < 4.78 is 5.58. The van der Waals surface area contributed by atoms with Crippen molar-refractivity contribution in [3.05, 3.63) is 63.6 Å². The molecule has 0 aliphatic rings. The molecule has 0 heterocycles. The highest BCUT2D eigenvalue weighted by molar-refractivity contribution is 6.42. The average Bonchev–Trinajstić information content (AvgIpc) is 2.40. The van der Waals surface area contributed by atoms with Crippen molar-refractivity contribution in [2.75, 3.05) is 0 Å². The zero-order chi connectivity index (χ0) is 13.0. The number of halogens is 2. The van der Waals surface area contributed by atoms with Gasteiger partial charge in [0.15, 0.2) is 0 Å². The number of hydrogen-bond donors (Lipinski definition) is 0. The van der Waals surface area contributed by atoms with Crippen molar-refractivity contribution in [2.24, 2.45) is 0 Å². The lowest BCUT2D eigenvalue weighted by Gasteiger charge is -2.08. The fourth-order valence-electron chi connectivity index (χ4n) is 1.48. The Morgan fingerprint density at radius 3 is 2.56 bits per heavy atom. The fourth-order valence-corrected chi connectivity index (χ4v) is 1.77. The summed E-state index contributed by atoms with van der Waals surface area (Å²) in [5, 5.41) is 9.89. The molecule has 0 saturated carbocycles. The summed E-state index contributed by atoms with van der Waals surface area (Å²) in [5.41, 5.74) is 1.45. The second kappa shape index (κ2) is 5.77. The minimum Gasteiger partial charge on any atom is -0.489 e. The van der Waals surface area contributed by atoms with Crippen molar-refractivity contribution in [3.63, 3.8) is 0 Å². The smallest absolute Gasteiger partial charge is 0.121 e. The predicted octanol–water partition coefficient (Wildman–Crippen LogP) is 4.44. The summed E-state index contributed by atoms with van der Waals surface area (Å²) >= 11 is 11.7. The lowest BCUT2D eigenvalue weighted by Crippen LogP contribution is -1.98. The van der Waals surface area contributed by atoms with Gasteiger partial charge in [0.2, 0.25) is 0 Å². The van der Waals surface area contributed by atoms with Crippen LogP contribution in [0.5, 0.6) is 5.75 Å². The zero-order valence-electron chi connectivity index (χ0n) is 9.36. The number of rotatable bonds is 3. The van der Waals surface area contributed by atoms with E-state index >= 15 is 0 Å². The molecular weight excluding hydrogens is 269 g/mol. The minimum absolute atomic E-state index is 0.321. The Labute approximate surface area is 115 Å². The van der Waals surface area contributed by atoms with E-state index in [2.05, 4.69) is 6.07 Å². The normalized spacial score (nSPS) is 9.83. The molecule has 2 nitrogen and oxygen atoms in total. The highest BCUT2D eigenvalue weighted by Gasteiger charge is 2.03. The van der Waals surface area contributed by atoms with Crippen molar-refractivity contribution in [2.45, 2.75) is 6.61 Å². The van der Waals surface area contributed by atoms with Crippen LogP contribution in [0, 0.1) is 11.3 Å². The first kappa shape index (κ1) is 12.8. The predicted molar refractivity (Wildman–Crippen MR) is 72.0 cm³/mol. The van der Waals surface area contributed by atoms with E-state index in [0.29, 0.717) is 28.0 Å². The van der Waals surface area contributed by atoms with Crippen LogP contribution in [0.3, 0.4) is 0 Å². The highest BCUT2D eigenvalue weighted by atomic mass is 35.5. The van der Waals surface area contributed by atoms with Crippen LogP contribution < -0.4 is 4.74 Å². The summed E-state index contributed by atoms with van der Waals surface area (Å²) in [6, 6.07) is 14.5. The van der Waals surface area contributed by atoms with E-state index in [1.165, 1.54) is 0 Å². The van der Waals surface area contributed by atoms with Gasteiger partial charge in [-0.2, -0.15) is 5.26 Å². The maximum Gasteiger partial charge on any atom is 0.121 e. The molecule has 0 atom stereocenters. The van der Waals surface area contributed by atoms with E-state index < -0.39 is 0 Å². The second-order valence-corrected chi connectivity index (χ2v) is 4.45. The van der Waals surface area contributed by atoms with Gasteiger partial charge in [0.05, 0.1) is 21.7 Å². The molecule has 0 radical (unpaired) electrons. The van der Waals surface area contributed by atoms with Crippen LogP contribution in [0.1, 0.15) is 11.1 Å². The number of nitrogens with zero attached hydrogens (tertiary/aromatic N) is 1. The molecule has 0 aliphatic carbocycles. The van der Waals surface area contributed by atoms with E-state index in [-0.39, 0.29) is 0 Å². The van der Waals surface area contributed by atoms with Gasteiger partial charge in [0.25, 0.3) is 0 Å². The van der Waals surface area contributed by atoms with Crippen LogP contribution in [-0.2, 0) is 6.61 Å². The Hall–Kier alpha value is -1.69. The minimum atomic E-state index is 0.321. The largest absolute Gasteiger partial charge is 0.489 e. The van der Waals surface area contributed by atoms with Crippen molar-refractivity contribution in [1.29, 1.82) is 5.26 Å². The second-order valence-electron chi connectivity index (χ2n) is 3.63. The fraction of sp³-hybridized carbons (Fsp3) is 0.0714. The van der Waals surface area contributed by atoms with Crippen LogP contribution in [-0.4, -0.2) is 0 Å². The average molecular weight is 278 g/mol. The van der Waals surface area contributed by atoms with Gasteiger partial charge in [-0.1, -0.05) is 41.4 Å². The van der Waals surface area contributed by atoms with E-state index in [4.69, 9.17) is 33.2 Å². The lowest BCUT2D eigenvalue weighted by atomic mass is 10.1. The summed E-state index contributed by atoms with van der Waals surface area (Å²) in [6.07, 6.45) is 0. The van der Waals surface area contributed by atoms with Gasteiger partial charge in [0.1, 0.15) is 12.4 Å². The van der Waals surface area contributed by atoms with Gasteiger partial charge in [0, 0.05) is 11.6 Å². The number of benzene rings is 2. The van der Waals surface area contributed by atoms with Crippen LogP contribution >= 0.6 is 23.2 Å². The molecule has 0 fully saturated rings. The van der Waals surface area contributed by atoms with E-state index in [0.717, 1.165) is 5.56 Å². The Bertz CT molecular complexity index is 605. The molecule has 0 saturated heterocycles. The number of ether oxygens (including phenoxy) is 1. The van der Waals surface area contributed by atoms with Gasteiger partial charge < -0.3 is 4.74 Å². The van der Waals surface area contributed by atoms with Crippen LogP contribution in [0.15, 0.2) is 42.5 Å². The zero-order valence-corrected chi connectivity index (χ0v) is 10.9. The van der Waals surface area contributed by atoms with Crippen LogP contribution in [0.2, 0.25) is 10.0 Å². The first-order valence-corrected chi connectivity index (χ1v) is 6.02. The third-order valence-corrected chi connectivity index (χ3v) is 3.16. The maximum atomic E-state index is 8.95. The Kier molecular flexibility index (Phi) is 4.09. The highest BCUT2D eigenvalue weighted by Crippen LogP contribution is 2.26. The molecule has 2 aromatic rings. The Morgan fingerprint density at radius 2 is 1.83 bits per heavy atom. The molecule has 0 spiro atoms. The quantitative estimate of drug-likeness (QED) is 0.831. The molecule has 0 amide bonds. The van der Waals surface area contributed by atoms with Crippen molar-refractivity contribution in [1.82, 2.24) is 0 Å². The third kappa shape index (κ3) is 2.95. The maximum absolute atomic E-state index is 8.95. The summed E-state index contributed by atoms with van der Waals surface area (Å²) in [7, 11) is 0. The van der Waals surface area contributed by atoms with Gasteiger partial charge >= 0.3 is 0 Å². The monoisotopic (exact) mass is 277 g/mol. The molecule has 90 valence electrons. The first-order chi connectivity index (χ1) is 8.70. The van der Waals surface area contributed by atoms with Crippen molar-refractivity contribution < 1.29 is 4.74 Å². The molecular formula is C14H9Cl2NO. The summed E-state index contributed by atoms with van der Waals surface area (Å²) in [6.45, 7) is 0.321. The van der Waals surface area contributed by atoms with E-state index in [1.54, 1.807) is 24.3 Å². The molecule has 0 bridgehead atoms. The lowest BCUT2D eigenvalue weighted by molar-refractivity contribution is 0.306. The molecule has 18 heavy (non-hydrogen) atoms. The van der Waals surface area contributed by atoms with Gasteiger partial charge in [-0.15, -0.1) is 0 Å². The Balaban J connectivity index is 2.12. The molecule has 0 aromatic heterocycles. The van der Waals surface area contributed by atoms with Gasteiger partial charge in [-0.3, -0.25) is 0 Å². The van der Waals surface area contributed by atoms with E-state index in [9.17, 15) is 0 Å². The number of hydrogen-bond acceptors (Lipinski definition) is 2. The molecule has 2 aromatic carbocycles. The summed E-state index contributed by atoms with van der Waals surface area (Å²) in [4.78, 5) is 0. The van der Waals surface area contributed by atoms with E-state index in [1.807, 2.05) is 18.2 Å². The molecule has 2 rings (SSSR count).